The van der Waals surface area contributed by atoms with E-state index in [0.29, 0.717) is 5.69 Å². The number of rotatable bonds is 2. The Labute approximate surface area is 76.4 Å². The van der Waals surface area contributed by atoms with Gasteiger partial charge < -0.3 is 10.8 Å². The number of carbonyl (C=O) groups is 1. The second kappa shape index (κ2) is 3.53. The lowest BCUT2D eigenvalue weighted by Gasteiger charge is -2.07. The molecular weight excluding hydrogens is 168 g/mol. The minimum Gasteiger partial charge on any atom is -0.480 e. The molecule has 0 saturated carbocycles. The normalized spacial score (nSPS) is 12.5. The Bertz CT molecular complexity index is 336. The smallest absolute Gasteiger partial charge is 0.326 e. The fraction of sp³-hybridized carbons (Fsp3) is 0.333. The van der Waals surface area contributed by atoms with Gasteiger partial charge in [-0.1, -0.05) is 6.07 Å². The zero-order valence-corrected chi connectivity index (χ0v) is 7.61. The van der Waals surface area contributed by atoms with Crippen molar-refractivity contribution in [3.05, 3.63) is 29.1 Å². The maximum Gasteiger partial charge on any atom is 0.326 e. The minimum atomic E-state index is -1.06. The van der Waals surface area contributed by atoms with Gasteiger partial charge in [0.1, 0.15) is 6.04 Å². The lowest BCUT2D eigenvalue weighted by atomic mass is 10.1. The summed E-state index contributed by atoms with van der Waals surface area (Å²) in [6.45, 7) is 3.74. The Morgan fingerprint density at radius 2 is 2.15 bits per heavy atom. The molecule has 1 unspecified atom stereocenters. The van der Waals surface area contributed by atoms with Crippen LogP contribution in [0.1, 0.15) is 23.0 Å². The summed E-state index contributed by atoms with van der Waals surface area (Å²) in [7, 11) is 0. The number of aliphatic carboxylic acids is 1. The van der Waals surface area contributed by atoms with Crippen molar-refractivity contribution in [1.29, 1.82) is 0 Å². The van der Waals surface area contributed by atoms with Crippen molar-refractivity contribution in [2.75, 3.05) is 0 Å². The Balaban J connectivity index is 3.03. The molecule has 13 heavy (non-hydrogen) atoms. The summed E-state index contributed by atoms with van der Waals surface area (Å²) >= 11 is 0. The molecule has 0 aliphatic carbocycles. The fourth-order valence-corrected chi connectivity index (χ4v) is 0.950. The number of carboxylic acid groups (broad SMARTS) is 1. The van der Waals surface area contributed by atoms with E-state index in [2.05, 4.69) is 4.98 Å². The van der Waals surface area contributed by atoms with Gasteiger partial charge in [-0.2, -0.15) is 0 Å². The SMILES string of the molecule is Cc1ccc(C(N)C(=O)O)nc1C. The molecule has 0 radical (unpaired) electrons. The first kappa shape index (κ1) is 9.67. The highest BCUT2D eigenvalue weighted by Gasteiger charge is 2.15. The van der Waals surface area contributed by atoms with Gasteiger partial charge >= 0.3 is 5.97 Å². The van der Waals surface area contributed by atoms with Crippen LogP contribution in [-0.2, 0) is 4.79 Å². The lowest BCUT2D eigenvalue weighted by Crippen LogP contribution is -2.22. The quantitative estimate of drug-likeness (QED) is 0.705. The van der Waals surface area contributed by atoms with Crippen LogP contribution in [0.2, 0.25) is 0 Å². The van der Waals surface area contributed by atoms with E-state index < -0.39 is 12.0 Å². The lowest BCUT2D eigenvalue weighted by molar-refractivity contribution is -0.138. The van der Waals surface area contributed by atoms with Crippen LogP contribution in [0.15, 0.2) is 12.1 Å². The van der Waals surface area contributed by atoms with E-state index in [9.17, 15) is 4.79 Å². The summed E-state index contributed by atoms with van der Waals surface area (Å²) in [5.41, 5.74) is 7.64. The van der Waals surface area contributed by atoms with Crippen LogP contribution in [0.25, 0.3) is 0 Å². The van der Waals surface area contributed by atoms with E-state index in [1.807, 2.05) is 19.9 Å². The van der Waals surface area contributed by atoms with Crippen molar-refractivity contribution < 1.29 is 9.90 Å². The van der Waals surface area contributed by atoms with Gasteiger partial charge in [-0.15, -0.1) is 0 Å². The number of pyridine rings is 1. The molecule has 0 aliphatic heterocycles. The molecule has 1 aromatic rings. The van der Waals surface area contributed by atoms with Gasteiger partial charge in [0.15, 0.2) is 0 Å². The molecular formula is C9H12N2O2. The minimum absolute atomic E-state index is 0.399. The standard InChI is InChI=1S/C9H12N2O2/c1-5-3-4-7(11-6(5)2)8(10)9(12)13/h3-4,8H,10H2,1-2H3,(H,12,13). The Kier molecular flexibility index (Phi) is 2.63. The molecule has 70 valence electrons. The summed E-state index contributed by atoms with van der Waals surface area (Å²) in [6.07, 6.45) is 0. The first-order chi connectivity index (χ1) is 6.02. The molecule has 1 atom stereocenters. The van der Waals surface area contributed by atoms with Gasteiger partial charge in [0.2, 0.25) is 0 Å². The van der Waals surface area contributed by atoms with Crippen molar-refractivity contribution in [2.24, 2.45) is 5.73 Å². The Morgan fingerprint density at radius 3 is 2.62 bits per heavy atom. The molecule has 3 N–H and O–H groups in total. The predicted octanol–water partition coefficient (Wildman–Crippen LogP) is 0.783. The van der Waals surface area contributed by atoms with Gasteiger partial charge in [-0.25, -0.2) is 0 Å². The first-order valence-corrected chi connectivity index (χ1v) is 3.95. The second-order valence-corrected chi connectivity index (χ2v) is 2.95. The van der Waals surface area contributed by atoms with Crippen molar-refractivity contribution in [3.63, 3.8) is 0 Å². The molecule has 0 saturated heterocycles. The van der Waals surface area contributed by atoms with Crippen LogP contribution in [0, 0.1) is 13.8 Å². The Morgan fingerprint density at radius 1 is 1.54 bits per heavy atom. The van der Waals surface area contributed by atoms with Crippen LogP contribution in [0.5, 0.6) is 0 Å². The maximum absolute atomic E-state index is 10.5. The number of carboxylic acids is 1. The average molecular weight is 180 g/mol. The van der Waals surface area contributed by atoms with Gasteiger partial charge in [0, 0.05) is 5.69 Å². The molecule has 1 aromatic heterocycles. The number of hydrogen-bond acceptors (Lipinski definition) is 3. The molecule has 0 bridgehead atoms. The largest absolute Gasteiger partial charge is 0.480 e. The van der Waals surface area contributed by atoms with Gasteiger partial charge in [-0.05, 0) is 25.5 Å². The van der Waals surface area contributed by atoms with E-state index in [0.717, 1.165) is 11.3 Å². The van der Waals surface area contributed by atoms with E-state index >= 15 is 0 Å². The van der Waals surface area contributed by atoms with E-state index in [4.69, 9.17) is 10.8 Å². The van der Waals surface area contributed by atoms with Crippen molar-refractivity contribution >= 4 is 5.97 Å². The zero-order valence-electron chi connectivity index (χ0n) is 7.61. The molecule has 4 heteroatoms. The van der Waals surface area contributed by atoms with Crippen LogP contribution < -0.4 is 5.73 Å². The summed E-state index contributed by atoms with van der Waals surface area (Å²) in [4.78, 5) is 14.6. The topological polar surface area (TPSA) is 76.2 Å². The summed E-state index contributed by atoms with van der Waals surface area (Å²) in [5, 5.41) is 8.63. The molecule has 1 heterocycles. The number of aryl methyl sites for hydroxylation is 2. The molecule has 0 amide bonds. The third-order valence-electron chi connectivity index (χ3n) is 1.96. The summed E-state index contributed by atoms with van der Waals surface area (Å²) < 4.78 is 0. The van der Waals surface area contributed by atoms with Crippen LogP contribution in [-0.4, -0.2) is 16.1 Å². The molecule has 1 rings (SSSR count). The van der Waals surface area contributed by atoms with E-state index in [1.165, 1.54) is 0 Å². The molecule has 0 aliphatic rings. The molecule has 0 spiro atoms. The van der Waals surface area contributed by atoms with Gasteiger partial charge in [0.05, 0.1) is 5.69 Å². The summed E-state index contributed by atoms with van der Waals surface area (Å²) in [6, 6.07) is 2.43. The van der Waals surface area contributed by atoms with Gasteiger partial charge in [0.25, 0.3) is 0 Å². The van der Waals surface area contributed by atoms with E-state index in [1.54, 1.807) is 6.07 Å². The molecule has 4 nitrogen and oxygen atoms in total. The highest BCUT2D eigenvalue weighted by atomic mass is 16.4. The molecule has 0 fully saturated rings. The van der Waals surface area contributed by atoms with Crippen molar-refractivity contribution in [1.82, 2.24) is 4.98 Å². The maximum atomic E-state index is 10.5. The monoisotopic (exact) mass is 180 g/mol. The van der Waals surface area contributed by atoms with Crippen molar-refractivity contribution in [3.8, 4) is 0 Å². The number of nitrogens with zero attached hydrogens (tertiary/aromatic N) is 1. The van der Waals surface area contributed by atoms with Crippen LogP contribution >= 0.6 is 0 Å². The number of aromatic nitrogens is 1. The number of nitrogens with two attached hydrogens (primary N) is 1. The zero-order chi connectivity index (χ0) is 10.0. The first-order valence-electron chi connectivity index (χ1n) is 3.95. The van der Waals surface area contributed by atoms with Crippen LogP contribution in [0.4, 0.5) is 0 Å². The third kappa shape index (κ3) is 2.03. The summed E-state index contributed by atoms with van der Waals surface area (Å²) in [5.74, 6) is -1.06. The predicted molar refractivity (Wildman–Crippen MR) is 48.3 cm³/mol. The molecule has 0 aromatic carbocycles. The fourth-order valence-electron chi connectivity index (χ4n) is 0.950. The highest BCUT2D eigenvalue weighted by Crippen LogP contribution is 2.10. The Hall–Kier alpha value is -1.42. The van der Waals surface area contributed by atoms with Gasteiger partial charge in [-0.3, -0.25) is 9.78 Å². The number of hydrogen-bond donors (Lipinski definition) is 2. The van der Waals surface area contributed by atoms with E-state index in [-0.39, 0.29) is 0 Å². The highest BCUT2D eigenvalue weighted by molar-refractivity contribution is 5.74. The average Bonchev–Trinajstić information content (AvgIpc) is 2.08. The van der Waals surface area contributed by atoms with Crippen LogP contribution in [0.3, 0.4) is 0 Å². The van der Waals surface area contributed by atoms with Crippen molar-refractivity contribution in [2.45, 2.75) is 19.9 Å². The second-order valence-electron chi connectivity index (χ2n) is 2.95. The third-order valence-corrected chi connectivity index (χ3v) is 1.96.